The van der Waals surface area contributed by atoms with Crippen molar-refractivity contribution >= 4 is 12.4 Å². The highest BCUT2D eigenvalue weighted by Gasteiger charge is 2.01. The van der Waals surface area contributed by atoms with Crippen molar-refractivity contribution in [1.29, 1.82) is 0 Å². The van der Waals surface area contributed by atoms with Gasteiger partial charge in [-0.05, 0) is 35.9 Å². The van der Waals surface area contributed by atoms with Gasteiger partial charge in [-0.25, -0.2) is 9.97 Å². The fourth-order valence-electron chi connectivity index (χ4n) is 2.00. The van der Waals surface area contributed by atoms with E-state index in [-0.39, 0.29) is 12.4 Å². The van der Waals surface area contributed by atoms with E-state index in [2.05, 4.69) is 20.3 Å². The van der Waals surface area contributed by atoms with Gasteiger partial charge in [0.2, 0.25) is 0 Å². The fraction of sp³-hybridized carbons (Fsp3) is 0.118. The summed E-state index contributed by atoms with van der Waals surface area (Å²) in [4.78, 5) is 12.4. The predicted octanol–water partition coefficient (Wildman–Crippen LogP) is 3.38. The average molecular weight is 329 g/mol. The minimum absolute atomic E-state index is 0. The molecular weight excluding hydrogens is 312 g/mol. The molecule has 0 aliphatic rings. The Bertz CT molecular complexity index is 710. The third-order valence-electron chi connectivity index (χ3n) is 3.01. The lowest BCUT2D eigenvalue weighted by atomic mass is 10.2. The number of hydrogen-bond donors (Lipinski definition) is 1. The highest BCUT2D eigenvalue weighted by molar-refractivity contribution is 5.85. The van der Waals surface area contributed by atoms with Gasteiger partial charge in [-0.2, -0.15) is 0 Å². The highest BCUT2D eigenvalue weighted by Crippen LogP contribution is 2.18. The van der Waals surface area contributed by atoms with Crippen LogP contribution < -0.4 is 10.1 Å². The van der Waals surface area contributed by atoms with Gasteiger partial charge in [0.1, 0.15) is 5.75 Å². The zero-order valence-electron chi connectivity index (χ0n) is 12.4. The predicted molar refractivity (Wildman–Crippen MR) is 90.6 cm³/mol. The molecule has 0 radical (unpaired) electrons. The molecule has 0 unspecified atom stereocenters. The maximum Gasteiger partial charge on any atom is 0.321 e. The Kier molecular flexibility index (Phi) is 6.47. The molecule has 0 bridgehead atoms. The second-order valence-corrected chi connectivity index (χ2v) is 4.71. The van der Waals surface area contributed by atoms with Crippen LogP contribution in [0.5, 0.6) is 11.8 Å². The summed E-state index contributed by atoms with van der Waals surface area (Å²) in [6.45, 7) is 1.47. The van der Waals surface area contributed by atoms with E-state index < -0.39 is 0 Å². The van der Waals surface area contributed by atoms with Gasteiger partial charge in [0.05, 0.1) is 5.69 Å². The third-order valence-corrected chi connectivity index (χ3v) is 3.01. The molecule has 1 N–H and O–H groups in total. The van der Waals surface area contributed by atoms with Crippen molar-refractivity contribution in [3.63, 3.8) is 0 Å². The summed E-state index contributed by atoms with van der Waals surface area (Å²) in [6, 6.07) is 15.9. The van der Waals surface area contributed by atoms with Gasteiger partial charge < -0.3 is 10.1 Å². The minimum Gasteiger partial charge on any atom is -0.424 e. The molecule has 0 spiro atoms. The van der Waals surface area contributed by atoms with E-state index in [1.807, 2.05) is 42.5 Å². The Morgan fingerprint density at radius 2 is 1.65 bits per heavy atom. The number of benzene rings is 1. The molecule has 3 aromatic rings. The van der Waals surface area contributed by atoms with E-state index in [4.69, 9.17) is 4.74 Å². The van der Waals surface area contributed by atoms with Gasteiger partial charge in [0.25, 0.3) is 0 Å². The number of halogens is 1. The molecule has 0 fully saturated rings. The summed E-state index contributed by atoms with van der Waals surface area (Å²) in [7, 11) is 0. The zero-order valence-corrected chi connectivity index (χ0v) is 13.2. The molecule has 118 valence electrons. The van der Waals surface area contributed by atoms with E-state index in [1.54, 1.807) is 24.7 Å². The van der Waals surface area contributed by atoms with Crippen molar-refractivity contribution in [2.45, 2.75) is 13.1 Å². The SMILES string of the molecule is Cl.c1ccc(CNCc2cccc(Oc3ncccn3)c2)nc1. The van der Waals surface area contributed by atoms with Gasteiger partial charge in [-0.1, -0.05) is 18.2 Å². The van der Waals surface area contributed by atoms with Crippen molar-refractivity contribution < 1.29 is 4.74 Å². The van der Waals surface area contributed by atoms with Crippen molar-refractivity contribution in [3.05, 3.63) is 78.4 Å². The van der Waals surface area contributed by atoms with Gasteiger partial charge in [0.15, 0.2) is 0 Å². The van der Waals surface area contributed by atoms with E-state index in [1.165, 1.54) is 0 Å². The van der Waals surface area contributed by atoms with Crippen LogP contribution in [0.15, 0.2) is 67.1 Å². The topological polar surface area (TPSA) is 59.9 Å². The molecule has 3 rings (SSSR count). The van der Waals surface area contributed by atoms with E-state index >= 15 is 0 Å². The largest absolute Gasteiger partial charge is 0.424 e. The van der Waals surface area contributed by atoms with Gasteiger partial charge in [0, 0.05) is 31.7 Å². The standard InChI is InChI=1S/C17H16N4O.ClH/c1-2-8-19-15(6-1)13-18-12-14-5-3-7-16(11-14)22-17-20-9-4-10-21-17;/h1-11,18H,12-13H2;1H. The Labute approximate surface area is 141 Å². The third kappa shape index (κ3) is 5.32. The molecule has 0 saturated heterocycles. The van der Waals surface area contributed by atoms with Crippen LogP contribution in [0, 0.1) is 0 Å². The molecule has 0 aliphatic heterocycles. The first-order valence-electron chi connectivity index (χ1n) is 7.04. The molecule has 0 aliphatic carbocycles. The van der Waals surface area contributed by atoms with E-state index in [0.717, 1.165) is 30.1 Å². The quantitative estimate of drug-likeness (QED) is 0.751. The van der Waals surface area contributed by atoms with E-state index in [0.29, 0.717) is 6.01 Å². The lowest BCUT2D eigenvalue weighted by Crippen LogP contribution is -2.13. The molecular formula is C17H17ClN4O. The first-order chi connectivity index (χ1) is 10.9. The maximum atomic E-state index is 5.62. The number of rotatable bonds is 6. The number of nitrogens with zero attached hydrogens (tertiary/aromatic N) is 3. The van der Waals surface area contributed by atoms with Gasteiger partial charge in [-0.15, -0.1) is 12.4 Å². The number of nitrogens with one attached hydrogen (secondary N) is 1. The molecule has 23 heavy (non-hydrogen) atoms. The van der Waals surface area contributed by atoms with Crippen molar-refractivity contribution in [2.75, 3.05) is 0 Å². The fourth-order valence-corrected chi connectivity index (χ4v) is 2.00. The first-order valence-corrected chi connectivity index (χ1v) is 7.04. The van der Waals surface area contributed by atoms with Crippen LogP contribution in [0.25, 0.3) is 0 Å². The maximum absolute atomic E-state index is 5.62. The average Bonchev–Trinajstić information content (AvgIpc) is 2.57. The van der Waals surface area contributed by atoms with Crippen LogP contribution in [0.1, 0.15) is 11.3 Å². The summed E-state index contributed by atoms with van der Waals surface area (Å²) in [6.07, 6.45) is 5.10. The molecule has 0 saturated carbocycles. The summed E-state index contributed by atoms with van der Waals surface area (Å²) < 4.78 is 5.62. The first kappa shape index (κ1) is 16.9. The Morgan fingerprint density at radius 1 is 0.826 bits per heavy atom. The smallest absolute Gasteiger partial charge is 0.321 e. The molecule has 0 amide bonds. The van der Waals surface area contributed by atoms with Crippen LogP contribution in [0.2, 0.25) is 0 Å². The second-order valence-electron chi connectivity index (χ2n) is 4.71. The molecule has 5 nitrogen and oxygen atoms in total. The summed E-state index contributed by atoms with van der Waals surface area (Å²) in [5, 5.41) is 3.36. The van der Waals surface area contributed by atoms with Gasteiger partial charge >= 0.3 is 6.01 Å². The van der Waals surface area contributed by atoms with Crippen LogP contribution in [-0.2, 0) is 13.1 Å². The number of hydrogen-bond acceptors (Lipinski definition) is 5. The van der Waals surface area contributed by atoms with Crippen LogP contribution in [0.4, 0.5) is 0 Å². The van der Waals surface area contributed by atoms with Crippen LogP contribution >= 0.6 is 12.4 Å². The lowest BCUT2D eigenvalue weighted by Gasteiger charge is -2.07. The Morgan fingerprint density at radius 3 is 2.43 bits per heavy atom. The molecule has 2 aromatic heterocycles. The number of pyridine rings is 1. The van der Waals surface area contributed by atoms with Crippen LogP contribution in [-0.4, -0.2) is 15.0 Å². The van der Waals surface area contributed by atoms with Crippen molar-refractivity contribution in [3.8, 4) is 11.8 Å². The van der Waals surface area contributed by atoms with Crippen molar-refractivity contribution in [1.82, 2.24) is 20.3 Å². The number of aromatic nitrogens is 3. The zero-order chi connectivity index (χ0) is 15.0. The molecule has 2 heterocycles. The monoisotopic (exact) mass is 328 g/mol. The lowest BCUT2D eigenvalue weighted by molar-refractivity contribution is 0.441. The number of ether oxygens (including phenoxy) is 1. The second kappa shape index (κ2) is 8.82. The molecule has 6 heteroatoms. The Hall–Kier alpha value is -2.50. The van der Waals surface area contributed by atoms with Gasteiger partial charge in [-0.3, -0.25) is 4.98 Å². The normalized spacial score (nSPS) is 9.91. The molecule has 0 atom stereocenters. The van der Waals surface area contributed by atoms with E-state index in [9.17, 15) is 0 Å². The van der Waals surface area contributed by atoms with Crippen LogP contribution in [0.3, 0.4) is 0 Å². The molecule has 1 aromatic carbocycles. The summed E-state index contributed by atoms with van der Waals surface area (Å²) in [5.74, 6) is 0.725. The summed E-state index contributed by atoms with van der Waals surface area (Å²) >= 11 is 0. The minimum atomic E-state index is 0. The Balaban J connectivity index is 0.00000192. The highest BCUT2D eigenvalue weighted by atomic mass is 35.5. The van der Waals surface area contributed by atoms with Crippen molar-refractivity contribution in [2.24, 2.45) is 0 Å². The summed E-state index contributed by atoms with van der Waals surface area (Å²) in [5.41, 5.74) is 2.15.